The van der Waals surface area contributed by atoms with Crippen molar-refractivity contribution in [3.8, 4) is 55.6 Å². The SMILES string of the molecule is C.Clc1ccc(-c2c(-c3ccc(-c4ccccc4)cc3)c3ccccc3c3ccccc23)cc1.Clc1ccc(-c2c(Br)c3ccccc3c3ccccc23)cc1.OB(O)c1ccc(-c2ccccc2)cc1.[B]. The topological polar surface area (TPSA) is 40.5 Å². The Hall–Kier alpha value is -7.21. The highest BCUT2D eigenvalue weighted by molar-refractivity contribution is 9.10. The van der Waals surface area contributed by atoms with Gasteiger partial charge in [0.25, 0.3) is 0 Å². The third-order valence-electron chi connectivity index (χ3n) is 12.7. The summed E-state index contributed by atoms with van der Waals surface area (Å²) < 4.78 is 1.13. The van der Waals surface area contributed by atoms with Gasteiger partial charge in [0, 0.05) is 28.5 Å². The van der Waals surface area contributed by atoms with E-state index in [9.17, 15) is 0 Å². The van der Waals surface area contributed by atoms with Crippen molar-refractivity contribution in [3.63, 3.8) is 0 Å². The summed E-state index contributed by atoms with van der Waals surface area (Å²) in [7, 11) is -1.39. The minimum absolute atomic E-state index is 0. The first-order valence-corrected chi connectivity index (χ1v) is 24.6. The van der Waals surface area contributed by atoms with E-state index in [0.717, 1.165) is 25.6 Å². The van der Waals surface area contributed by atoms with Gasteiger partial charge in [-0.3, -0.25) is 0 Å². The van der Waals surface area contributed by atoms with Crippen molar-refractivity contribution in [1.82, 2.24) is 0 Å². The van der Waals surface area contributed by atoms with Crippen molar-refractivity contribution < 1.29 is 10.0 Å². The molecule has 0 aromatic heterocycles. The molecule has 7 heteroatoms. The average molecular weight is 1030 g/mol. The van der Waals surface area contributed by atoms with Gasteiger partial charge in [0.1, 0.15) is 0 Å². The average Bonchev–Trinajstić information content (AvgIpc) is 3.42. The highest BCUT2D eigenvalue weighted by atomic mass is 79.9. The van der Waals surface area contributed by atoms with Crippen LogP contribution in [0, 0.1) is 0 Å². The molecule has 0 atom stereocenters. The summed E-state index contributed by atoms with van der Waals surface area (Å²) in [5.74, 6) is 0. The lowest BCUT2D eigenvalue weighted by Crippen LogP contribution is -2.29. The molecular weight excluding hydrogens is 985 g/mol. The number of benzene rings is 12. The summed E-state index contributed by atoms with van der Waals surface area (Å²) in [6.07, 6.45) is 0. The van der Waals surface area contributed by atoms with E-state index in [4.69, 9.17) is 33.2 Å². The van der Waals surface area contributed by atoms with E-state index in [1.54, 1.807) is 12.1 Å². The van der Waals surface area contributed by atoms with E-state index in [-0.39, 0.29) is 15.8 Å². The molecule has 12 aromatic rings. The fourth-order valence-electron chi connectivity index (χ4n) is 9.29. The Morgan fingerprint density at radius 2 is 0.528 bits per heavy atom. The molecule has 0 aliphatic heterocycles. The molecule has 0 heterocycles. The van der Waals surface area contributed by atoms with Crippen molar-refractivity contribution in [2.75, 3.05) is 0 Å². The number of hydrogen-bond donors (Lipinski definition) is 2. The van der Waals surface area contributed by atoms with Crippen LogP contribution in [-0.2, 0) is 0 Å². The van der Waals surface area contributed by atoms with Crippen molar-refractivity contribution in [1.29, 1.82) is 0 Å². The summed E-state index contributed by atoms with van der Waals surface area (Å²) >= 11 is 16.1. The summed E-state index contributed by atoms with van der Waals surface area (Å²) in [6.45, 7) is 0. The van der Waals surface area contributed by atoms with Crippen LogP contribution in [0.25, 0.3) is 98.7 Å². The molecule has 0 unspecified atom stereocenters. The van der Waals surface area contributed by atoms with E-state index in [1.807, 2.05) is 66.7 Å². The molecule has 0 aliphatic carbocycles. The zero-order valence-electron chi connectivity index (χ0n) is 38.4. The predicted molar refractivity (Wildman–Crippen MR) is 317 cm³/mol. The van der Waals surface area contributed by atoms with Gasteiger partial charge in [-0.05, 0) is 139 Å². The first-order valence-electron chi connectivity index (χ1n) is 23.0. The maximum atomic E-state index is 8.94. The molecule has 12 rings (SSSR count). The van der Waals surface area contributed by atoms with Crippen LogP contribution in [0.2, 0.25) is 10.0 Å². The van der Waals surface area contributed by atoms with Gasteiger partial charge in [0.15, 0.2) is 0 Å². The number of halogens is 3. The van der Waals surface area contributed by atoms with E-state index in [0.29, 0.717) is 5.46 Å². The maximum absolute atomic E-state index is 8.94. The van der Waals surface area contributed by atoms with Crippen LogP contribution in [0.4, 0.5) is 0 Å². The smallest absolute Gasteiger partial charge is 0.423 e. The Morgan fingerprint density at radius 3 is 0.903 bits per heavy atom. The van der Waals surface area contributed by atoms with Gasteiger partial charge >= 0.3 is 7.12 Å². The molecule has 0 spiro atoms. The molecule has 0 saturated carbocycles. The van der Waals surface area contributed by atoms with E-state index < -0.39 is 7.12 Å². The Bertz CT molecular complexity index is 3740. The second-order valence-corrected chi connectivity index (χ2v) is 18.6. The number of hydrogen-bond acceptors (Lipinski definition) is 2. The van der Waals surface area contributed by atoms with Gasteiger partial charge in [-0.25, -0.2) is 0 Å². The molecule has 0 amide bonds. The van der Waals surface area contributed by atoms with Crippen molar-refractivity contribution in [2.24, 2.45) is 0 Å². The van der Waals surface area contributed by atoms with Gasteiger partial charge in [-0.15, -0.1) is 0 Å². The summed E-state index contributed by atoms with van der Waals surface area (Å²) in [5, 5.41) is 29.4. The van der Waals surface area contributed by atoms with Crippen LogP contribution < -0.4 is 5.46 Å². The lowest BCUT2D eigenvalue weighted by Gasteiger charge is -2.19. The Labute approximate surface area is 442 Å². The number of rotatable bonds is 6. The third kappa shape index (κ3) is 10.8. The molecule has 2 N–H and O–H groups in total. The van der Waals surface area contributed by atoms with Gasteiger partial charge in [-0.2, -0.15) is 0 Å². The van der Waals surface area contributed by atoms with Crippen molar-refractivity contribution in [3.05, 3.63) is 269 Å². The summed E-state index contributed by atoms with van der Waals surface area (Å²) in [4.78, 5) is 0. The normalized spacial score (nSPS) is 10.6. The molecule has 347 valence electrons. The van der Waals surface area contributed by atoms with Crippen LogP contribution >= 0.6 is 39.1 Å². The first-order chi connectivity index (χ1) is 34.3. The zero-order valence-corrected chi connectivity index (χ0v) is 41.5. The minimum atomic E-state index is -1.39. The molecule has 0 aliphatic rings. The van der Waals surface area contributed by atoms with Gasteiger partial charge in [-0.1, -0.05) is 261 Å². The molecule has 0 bridgehead atoms. The fourth-order valence-corrected chi connectivity index (χ4v) is 10.3. The zero-order chi connectivity index (χ0) is 48.0. The molecule has 0 fully saturated rings. The molecule has 72 heavy (non-hydrogen) atoms. The van der Waals surface area contributed by atoms with Crippen LogP contribution in [0.5, 0.6) is 0 Å². The van der Waals surface area contributed by atoms with Gasteiger partial charge in [0.2, 0.25) is 0 Å². The molecule has 12 aromatic carbocycles. The monoisotopic (exact) mass is 1030 g/mol. The fraction of sp³-hybridized carbons (Fsp3) is 0.0154. The summed E-state index contributed by atoms with van der Waals surface area (Å²) in [5.41, 5.74) is 12.4. The molecule has 3 radical (unpaired) electrons. The molecule has 0 saturated heterocycles. The summed E-state index contributed by atoms with van der Waals surface area (Å²) in [6, 6.07) is 87.3. The van der Waals surface area contributed by atoms with Crippen LogP contribution in [0.3, 0.4) is 0 Å². The lowest BCUT2D eigenvalue weighted by atomic mass is 9.80. The molecule has 2 nitrogen and oxygen atoms in total. The second-order valence-electron chi connectivity index (χ2n) is 16.9. The highest BCUT2D eigenvalue weighted by Gasteiger charge is 2.18. The Kier molecular flexibility index (Phi) is 16.6. The van der Waals surface area contributed by atoms with E-state index in [1.165, 1.54) is 87.6 Å². The standard InChI is InChI=1S/C32H21Cl.C20H12BrCl.C12H11BO2.CH4.B/c33-26-20-18-25(19-21-26)32-30-13-7-5-11-28(30)27-10-4-6-12-29(27)31(32)24-16-14-23(15-17-24)22-8-2-1-3-9-22;21-20-18-8-4-2-6-16(18)15-5-1-3-7-17(15)19(20)13-9-11-14(22)12-10-13;14-13(15)12-8-6-11(7-9-12)10-4-2-1-3-5-10;;/h1-21H;1-12H;1-9,14-15H;1H4;. The minimum Gasteiger partial charge on any atom is -0.423 e. The highest BCUT2D eigenvalue weighted by Crippen LogP contribution is 2.45. The van der Waals surface area contributed by atoms with Crippen LogP contribution in [0.15, 0.2) is 259 Å². The quantitative estimate of drug-likeness (QED) is 0.129. The maximum Gasteiger partial charge on any atom is 0.488 e. The van der Waals surface area contributed by atoms with E-state index in [2.05, 4.69) is 192 Å². The first kappa shape index (κ1) is 51.2. The van der Waals surface area contributed by atoms with Crippen LogP contribution in [0.1, 0.15) is 7.43 Å². The Morgan fingerprint density at radius 1 is 0.278 bits per heavy atom. The number of fused-ring (bicyclic) bond motifs is 6. The van der Waals surface area contributed by atoms with Crippen molar-refractivity contribution >= 4 is 103 Å². The van der Waals surface area contributed by atoms with Gasteiger partial charge in [0.05, 0.1) is 0 Å². The molecular formula is C65H48B2BrCl2O2. The van der Waals surface area contributed by atoms with Gasteiger partial charge < -0.3 is 10.0 Å². The lowest BCUT2D eigenvalue weighted by molar-refractivity contribution is 0.426. The second kappa shape index (κ2) is 23.3. The van der Waals surface area contributed by atoms with E-state index >= 15 is 0 Å². The Balaban J connectivity index is 0.000000154. The largest absolute Gasteiger partial charge is 0.488 e. The van der Waals surface area contributed by atoms with Crippen LogP contribution in [-0.4, -0.2) is 25.6 Å². The predicted octanol–water partition coefficient (Wildman–Crippen LogP) is 18.0. The van der Waals surface area contributed by atoms with Crippen molar-refractivity contribution in [2.45, 2.75) is 7.43 Å². The third-order valence-corrected chi connectivity index (χ3v) is 14.0.